The van der Waals surface area contributed by atoms with E-state index in [4.69, 9.17) is 9.98 Å². The van der Waals surface area contributed by atoms with E-state index in [1.165, 1.54) is 36.6 Å². The lowest BCUT2D eigenvalue weighted by Gasteiger charge is -2.32. The number of hydrogen-bond acceptors (Lipinski definition) is 5. The van der Waals surface area contributed by atoms with Gasteiger partial charge in [-0.1, -0.05) is 6.92 Å². The number of nitrogens with one attached hydrogen (secondary N) is 2. The summed E-state index contributed by atoms with van der Waals surface area (Å²) in [5.41, 5.74) is 1.24. The van der Waals surface area contributed by atoms with Gasteiger partial charge < -0.3 is 10.6 Å². The number of hydrogen-bond donors (Lipinski definition) is 2. The minimum atomic E-state index is 0.182. The molecule has 2 N–H and O–H groups in total. The van der Waals surface area contributed by atoms with Gasteiger partial charge in [-0.2, -0.15) is 11.8 Å². The van der Waals surface area contributed by atoms with Crippen LogP contribution in [0.25, 0.3) is 0 Å². The number of nitrogens with zero attached hydrogens (tertiary/aromatic N) is 3. The Morgan fingerprint density at radius 2 is 2.07 bits per heavy atom. The van der Waals surface area contributed by atoms with Crippen LogP contribution in [-0.4, -0.2) is 59.6 Å². The van der Waals surface area contributed by atoms with Gasteiger partial charge in [0.15, 0.2) is 5.96 Å². The number of rotatable bonds is 9. The topological polar surface area (TPSA) is 52.6 Å². The lowest BCUT2D eigenvalue weighted by Crippen LogP contribution is -2.43. The molecular formula is C20H37N5S2. The molecule has 154 valence electrons. The molecule has 1 aromatic rings. The van der Waals surface area contributed by atoms with E-state index in [0.717, 1.165) is 44.5 Å². The Balaban J connectivity index is 1.74. The molecule has 1 aliphatic rings. The quantitative estimate of drug-likeness (QED) is 0.480. The second-order valence-corrected chi connectivity index (χ2v) is 10.3. The van der Waals surface area contributed by atoms with E-state index in [0.29, 0.717) is 0 Å². The maximum Gasteiger partial charge on any atom is 0.191 e. The monoisotopic (exact) mass is 411 g/mol. The van der Waals surface area contributed by atoms with E-state index in [-0.39, 0.29) is 4.75 Å². The molecule has 0 spiro atoms. The standard InChI is InChI=1S/C20H37N5S2/c1-6-18-24-17(14-27-18)13-25-10-8-16(9-11-25)12-22-19(21-7-2)23-15-20(3,4)26-5/h14,16H,6-13,15H2,1-5H3,(H2,21,22,23). The van der Waals surface area contributed by atoms with Crippen molar-refractivity contribution in [2.24, 2.45) is 10.9 Å². The molecule has 1 fully saturated rings. The summed E-state index contributed by atoms with van der Waals surface area (Å²) in [4.78, 5) is 12.0. The molecule has 0 saturated carbocycles. The molecule has 5 nitrogen and oxygen atoms in total. The van der Waals surface area contributed by atoms with E-state index in [1.54, 1.807) is 11.3 Å². The second-order valence-electron chi connectivity index (χ2n) is 7.85. The van der Waals surface area contributed by atoms with Gasteiger partial charge in [-0.05, 0) is 65.3 Å². The van der Waals surface area contributed by atoms with Crippen LogP contribution < -0.4 is 10.6 Å². The first-order valence-electron chi connectivity index (χ1n) is 10.2. The lowest BCUT2D eigenvalue weighted by molar-refractivity contribution is 0.176. The van der Waals surface area contributed by atoms with Gasteiger partial charge in [-0.3, -0.25) is 9.89 Å². The number of thioether (sulfide) groups is 1. The molecule has 1 saturated heterocycles. The summed E-state index contributed by atoms with van der Waals surface area (Å²) in [7, 11) is 0. The van der Waals surface area contributed by atoms with Crippen LogP contribution in [0, 0.1) is 5.92 Å². The van der Waals surface area contributed by atoms with E-state index >= 15 is 0 Å². The van der Waals surface area contributed by atoms with Gasteiger partial charge in [-0.25, -0.2) is 4.98 Å². The first-order valence-corrected chi connectivity index (χ1v) is 12.3. The van der Waals surface area contributed by atoms with Crippen molar-refractivity contribution in [3.63, 3.8) is 0 Å². The maximum atomic E-state index is 4.78. The molecule has 2 rings (SSSR count). The normalized spacial score (nSPS) is 17.3. The number of aryl methyl sites for hydroxylation is 1. The zero-order valence-electron chi connectivity index (χ0n) is 17.7. The molecule has 0 amide bonds. The van der Waals surface area contributed by atoms with Gasteiger partial charge in [0.2, 0.25) is 0 Å². The van der Waals surface area contributed by atoms with E-state index < -0.39 is 0 Å². The Kier molecular flexibility index (Phi) is 9.39. The summed E-state index contributed by atoms with van der Waals surface area (Å²) in [6.07, 6.45) is 5.68. The van der Waals surface area contributed by atoms with Crippen LogP contribution in [-0.2, 0) is 13.0 Å². The van der Waals surface area contributed by atoms with Crippen molar-refractivity contribution < 1.29 is 0 Å². The van der Waals surface area contributed by atoms with E-state index in [2.05, 4.69) is 54.9 Å². The van der Waals surface area contributed by atoms with E-state index in [1.807, 2.05) is 11.8 Å². The summed E-state index contributed by atoms with van der Waals surface area (Å²) in [5, 5.41) is 10.4. The predicted octanol–water partition coefficient (Wildman–Crippen LogP) is 3.61. The Hall–Kier alpha value is -0.790. The van der Waals surface area contributed by atoms with Crippen molar-refractivity contribution >= 4 is 29.1 Å². The van der Waals surface area contributed by atoms with Crippen molar-refractivity contribution in [2.45, 2.75) is 58.2 Å². The molecular weight excluding hydrogens is 374 g/mol. The molecule has 0 aromatic carbocycles. The highest BCUT2D eigenvalue weighted by Crippen LogP contribution is 2.21. The van der Waals surface area contributed by atoms with Gasteiger partial charge in [0.05, 0.1) is 17.2 Å². The van der Waals surface area contributed by atoms with Gasteiger partial charge in [0, 0.05) is 29.8 Å². The van der Waals surface area contributed by atoms with Crippen LogP contribution in [0.15, 0.2) is 10.4 Å². The third kappa shape index (κ3) is 8.00. The highest BCUT2D eigenvalue weighted by Gasteiger charge is 2.20. The highest BCUT2D eigenvalue weighted by molar-refractivity contribution is 7.99. The number of thiazole rings is 1. The number of guanidine groups is 1. The van der Waals surface area contributed by atoms with Crippen LogP contribution in [0.2, 0.25) is 0 Å². The van der Waals surface area contributed by atoms with Crippen molar-refractivity contribution in [2.75, 3.05) is 39.0 Å². The van der Waals surface area contributed by atoms with Crippen LogP contribution in [0.1, 0.15) is 51.2 Å². The molecule has 0 atom stereocenters. The zero-order valence-corrected chi connectivity index (χ0v) is 19.3. The summed E-state index contributed by atoms with van der Waals surface area (Å²) in [5.74, 6) is 1.68. The summed E-state index contributed by atoms with van der Waals surface area (Å²) in [6, 6.07) is 0. The number of piperidine rings is 1. The Morgan fingerprint density at radius 3 is 2.67 bits per heavy atom. The van der Waals surface area contributed by atoms with Crippen LogP contribution >= 0.6 is 23.1 Å². The average molecular weight is 412 g/mol. The summed E-state index contributed by atoms with van der Waals surface area (Å²) in [6.45, 7) is 14.9. The predicted molar refractivity (Wildman–Crippen MR) is 121 cm³/mol. The second kappa shape index (κ2) is 11.3. The van der Waals surface area contributed by atoms with Crippen LogP contribution in [0.5, 0.6) is 0 Å². The third-order valence-corrected chi connectivity index (χ3v) is 7.34. The van der Waals surface area contributed by atoms with Gasteiger partial charge >= 0.3 is 0 Å². The van der Waals surface area contributed by atoms with Gasteiger partial charge in [0.1, 0.15) is 0 Å². The minimum Gasteiger partial charge on any atom is -0.357 e. The molecule has 1 aliphatic heterocycles. The molecule has 27 heavy (non-hydrogen) atoms. The molecule has 0 unspecified atom stereocenters. The Morgan fingerprint density at radius 1 is 1.33 bits per heavy atom. The Labute approximate surface area is 173 Å². The maximum absolute atomic E-state index is 4.78. The van der Waals surface area contributed by atoms with Crippen molar-refractivity contribution in [3.8, 4) is 0 Å². The van der Waals surface area contributed by atoms with Crippen molar-refractivity contribution in [3.05, 3.63) is 16.1 Å². The first kappa shape index (κ1) is 22.5. The molecule has 1 aromatic heterocycles. The zero-order chi connectivity index (χ0) is 19.7. The Bertz CT molecular complexity index is 577. The molecule has 0 bridgehead atoms. The van der Waals surface area contributed by atoms with Crippen molar-refractivity contribution in [1.29, 1.82) is 0 Å². The number of likely N-dealkylation sites (tertiary alicyclic amines) is 1. The summed E-state index contributed by atoms with van der Waals surface area (Å²) >= 11 is 3.66. The molecule has 2 heterocycles. The van der Waals surface area contributed by atoms with Crippen LogP contribution in [0.3, 0.4) is 0 Å². The fourth-order valence-corrected chi connectivity index (χ4v) is 4.01. The fourth-order valence-electron chi connectivity index (χ4n) is 3.08. The van der Waals surface area contributed by atoms with Crippen molar-refractivity contribution in [1.82, 2.24) is 20.5 Å². The largest absolute Gasteiger partial charge is 0.357 e. The smallest absolute Gasteiger partial charge is 0.191 e. The first-order chi connectivity index (χ1) is 13.0. The number of aliphatic imine (C=N–C) groups is 1. The number of aromatic nitrogens is 1. The van der Waals surface area contributed by atoms with Crippen LogP contribution in [0.4, 0.5) is 0 Å². The third-order valence-electron chi connectivity index (χ3n) is 5.07. The molecule has 7 heteroatoms. The average Bonchev–Trinajstić information content (AvgIpc) is 3.13. The van der Waals surface area contributed by atoms with E-state index in [9.17, 15) is 0 Å². The highest BCUT2D eigenvalue weighted by atomic mass is 32.2. The SMILES string of the molecule is CCNC(=NCC(C)(C)SC)NCC1CCN(Cc2csc(CC)n2)CC1. The minimum absolute atomic E-state index is 0.182. The lowest BCUT2D eigenvalue weighted by atomic mass is 9.97. The molecule has 0 radical (unpaired) electrons. The fraction of sp³-hybridized carbons (Fsp3) is 0.800. The van der Waals surface area contributed by atoms with Gasteiger partial charge in [-0.15, -0.1) is 11.3 Å². The van der Waals surface area contributed by atoms with Gasteiger partial charge in [0.25, 0.3) is 0 Å². The molecule has 0 aliphatic carbocycles. The summed E-state index contributed by atoms with van der Waals surface area (Å²) < 4.78 is 0.182.